The first-order chi connectivity index (χ1) is 14.7. The molecule has 0 radical (unpaired) electrons. The summed E-state index contributed by atoms with van der Waals surface area (Å²) >= 11 is 1.61. The van der Waals surface area contributed by atoms with Gasteiger partial charge in [0.1, 0.15) is 5.75 Å². The predicted octanol–water partition coefficient (Wildman–Crippen LogP) is 5.42. The minimum Gasteiger partial charge on any atom is -0.497 e. The quantitative estimate of drug-likeness (QED) is 0.396. The molecule has 4 rings (SSSR count). The van der Waals surface area contributed by atoms with Gasteiger partial charge in [-0.1, -0.05) is 53.7 Å². The molecule has 148 valence electrons. The molecule has 0 saturated heterocycles. The van der Waals surface area contributed by atoms with Crippen LogP contribution in [-0.2, 0) is 5.75 Å². The summed E-state index contributed by atoms with van der Waals surface area (Å²) in [7, 11) is 1.66. The maximum absolute atomic E-state index is 8.98. The van der Waals surface area contributed by atoms with E-state index in [2.05, 4.69) is 52.0 Å². The molecule has 0 aliphatic heterocycles. The van der Waals surface area contributed by atoms with Crippen molar-refractivity contribution in [3.8, 4) is 28.9 Å². The number of aryl methyl sites for hydroxylation is 1. The average molecular weight is 413 g/mol. The number of rotatable bonds is 6. The molecule has 0 spiro atoms. The van der Waals surface area contributed by atoms with Crippen molar-refractivity contribution in [1.82, 2.24) is 14.8 Å². The highest BCUT2D eigenvalue weighted by Gasteiger charge is 2.17. The Hall–Kier alpha value is -3.56. The molecule has 0 aliphatic carbocycles. The Labute approximate surface area is 180 Å². The molecule has 0 saturated carbocycles. The summed E-state index contributed by atoms with van der Waals surface area (Å²) in [4.78, 5) is 0. The monoisotopic (exact) mass is 412 g/mol. The Morgan fingerprint density at radius 1 is 1.00 bits per heavy atom. The number of ether oxygens (including phenoxy) is 1. The number of thioether (sulfide) groups is 1. The molecular weight excluding hydrogens is 392 g/mol. The normalized spacial score (nSPS) is 10.6. The van der Waals surface area contributed by atoms with Crippen molar-refractivity contribution >= 4 is 11.8 Å². The van der Waals surface area contributed by atoms with Gasteiger partial charge in [0.2, 0.25) is 0 Å². The van der Waals surface area contributed by atoms with E-state index in [-0.39, 0.29) is 0 Å². The Bertz CT molecular complexity index is 1190. The minimum atomic E-state index is 0.659. The molecule has 0 N–H and O–H groups in total. The van der Waals surface area contributed by atoms with Crippen LogP contribution < -0.4 is 4.74 Å². The first-order valence-corrected chi connectivity index (χ1v) is 10.5. The highest BCUT2D eigenvalue weighted by atomic mass is 32.2. The fourth-order valence-electron chi connectivity index (χ4n) is 3.06. The van der Waals surface area contributed by atoms with Crippen LogP contribution in [0, 0.1) is 18.3 Å². The largest absolute Gasteiger partial charge is 0.497 e. The van der Waals surface area contributed by atoms with Crippen LogP contribution in [0.25, 0.3) is 17.1 Å². The molecule has 0 atom stereocenters. The van der Waals surface area contributed by atoms with Crippen molar-refractivity contribution in [1.29, 1.82) is 5.26 Å². The van der Waals surface area contributed by atoms with Crippen LogP contribution in [0.1, 0.15) is 16.7 Å². The van der Waals surface area contributed by atoms with Crippen LogP contribution in [0.2, 0.25) is 0 Å². The van der Waals surface area contributed by atoms with Gasteiger partial charge in [0.15, 0.2) is 11.0 Å². The maximum Gasteiger partial charge on any atom is 0.196 e. The van der Waals surface area contributed by atoms with Crippen molar-refractivity contribution < 1.29 is 4.74 Å². The van der Waals surface area contributed by atoms with E-state index in [1.165, 1.54) is 5.56 Å². The fourth-order valence-corrected chi connectivity index (χ4v) is 3.97. The van der Waals surface area contributed by atoms with E-state index in [1.807, 2.05) is 48.5 Å². The van der Waals surface area contributed by atoms with Crippen molar-refractivity contribution in [2.24, 2.45) is 0 Å². The minimum absolute atomic E-state index is 0.659. The number of aromatic nitrogens is 3. The number of benzene rings is 3. The second-order valence-electron chi connectivity index (χ2n) is 6.81. The van der Waals surface area contributed by atoms with Gasteiger partial charge in [-0.25, -0.2) is 0 Å². The van der Waals surface area contributed by atoms with E-state index in [4.69, 9.17) is 10.00 Å². The summed E-state index contributed by atoms with van der Waals surface area (Å²) in [6.07, 6.45) is 0. The van der Waals surface area contributed by atoms with Gasteiger partial charge in [-0.2, -0.15) is 5.26 Å². The summed E-state index contributed by atoms with van der Waals surface area (Å²) in [6.45, 7) is 2.07. The first-order valence-electron chi connectivity index (χ1n) is 9.46. The summed E-state index contributed by atoms with van der Waals surface area (Å²) in [5.41, 5.74) is 4.92. The summed E-state index contributed by atoms with van der Waals surface area (Å²) in [6, 6.07) is 25.9. The van der Waals surface area contributed by atoms with Gasteiger partial charge in [-0.3, -0.25) is 4.57 Å². The van der Waals surface area contributed by atoms with Crippen molar-refractivity contribution in [3.05, 3.63) is 89.5 Å². The van der Waals surface area contributed by atoms with Crippen molar-refractivity contribution in [2.45, 2.75) is 17.8 Å². The molecule has 6 heteroatoms. The Morgan fingerprint density at radius 3 is 2.47 bits per heavy atom. The van der Waals surface area contributed by atoms with Crippen molar-refractivity contribution in [3.63, 3.8) is 0 Å². The lowest BCUT2D eigenvalue weighted by atomic mass is 10.2. The second-order valence-corrected chi connectivity index (χ2v) is 7.75. The highest BCUT2D eigenvalue weighted by Crippen LogP contribution is 2.31. The molecule has 0 bridgehead atoms. The van der Waals surface area contributed by atoms with Crippen LogP contribution >= 0.6 is 11.8 Å². The maximum atomic E-state index is 8.98. The summed E-state index contributed by atoms with van der Waals surface area (Å²) in [5.74, 6) is 2.27. The molecule has 0 fully saturated rings. The van der Waals surface area contributed by atoms with Gasteiger partial charge in [0.25, 0.3) is 0 Å². The molecule has 30 heavy (non-hydrogen) atoms. The molecule has 5 nitrogen and oxygen atoms in total. The molecule has 0 unspecified atom stereocenters. The average Bonchev–Trinajstić information content (AvgIpc) is 3.22. The molecule has 0 aliphatic rings. The third-order valence-electron chi connectivity index (χ3n) is 4.70. The molecule has 4 aromatic rings. The van der Waals surface area contributed by atoms with Gasteiger partial charge in [-0.05, 0) is 48.9 Å². The fraction of sp³-hybridized carbons (Fsp3) is 0.125. The van der Waals surface area contributed by atoms with E-state index in [9.17, 15) is 0 Å². The lowest BCUT2D eigenvalue weighted by Gasteiger charge is -2.11. The third kappa shape index (κ3) is 4.22. The summed E-state index contributed by atoms with van der Waals surface area (Å²) in [5, 5.41) is 18.8. The van der Waals surface area contributed by atoms with Gasteiger partial charge in [0.05, 0.1) is 18.7 Å². The third-order valence-corrected chi connectivity index (χ3v) is 5.70. The lowest BCUT2D eigenvalue weighted by Crippen LogP contribution is -2.00. The van der Waals surface area contributed by atoms with Crippen LogP contribution in [0.15, 0.2) is 78.0 Å². The Balaban J connectivity index is 1.71. The predicted molar refractivity (Wildman–Crippen MR) is 119 cm³/mol. The number of nitriles is 1. The van der Waals surface area contributed by atoms with Crippen LogP contribution in [0.4, 0.5) is 0 Å². The number of hydrogen-bond donors (Lipinski definition) is 0. The van der Waals surface area contributed by atoms with E-state index in [1.54, 1.807) is 18.9 Å². The summed E-state index contributed by atoms with van der Waals surface area (Å²) < 4.78 is 7.46. The second kappa shape index (κ2) is 8.85. The molecule has 1 heterocycles. The smallest absolute Gasteiger partial charge is 0.196 e. The topological polar surface area (TPSA) is 63.7 Å². The number of hydrogen-bond acceptors (Lipinski definition) is 5. The number of nitrogens with zero attached hydrogens (tertiary/aromatic N) is 4. The SMILES string of the molecule is COc1cccc(-c2nnc(SCc3ccc(C#N)cc3)n2-c2ccc(C)cc2)c1. The highest BCUT2D eigenvalue weighted by molar-refractivity contribution is 7.98. The van der Waals surface area contributed by atoms with Gasteiger partial charge in [-0.15, -0.1) is 10.2 Å². The van der Waals surface area contributed by atoms with Gasteiger partial charge in [0, 0.05) is 17.0 Å². The Kier molecular flexibility index (Phi) is 5.82. The standard InChI is InChI=1S/C24H20N4OS/c1-17-6-12-21(13-7-17)28-23(20-4-3-5-22(14-20)29-2)26-27-24(28)30-16-19-10-8-18(15-25)9-11-19/h3-14H,16H2,1-2H3. The molecule has 0 amide bonds. The van der Waals surface area contributed by atoms with Crippen LogP contribution in [0.5, 0.6) is 5.75 Å². The zero-order valence-corrected chi connectivity index (χ0v) is 17.6. The molecule has 3 aromatic carbocycles. The van der Waals surface area contributed by atoms with Crippen LogP contribution in [-0.4, -0.2) is 21.9 Å². The van der Waals surface area contributed by atoms with E-state index >= 15 is 0 Å². The molecule has 1 aromatic heterocycles. The zero-order chi connectivity index (χ0) is 20.9. The van der Waals surface area contributed by atoms with E-state index < -0.39 is 0 Å². The first kappa shape index (κ1) is 19.7. The Morgan fingerprint density at radius 2 is 1.77 bits per heavy atom. The van der Waals surface area contributed by atoms with E-state index in [0.29, 0.717) is 5.56 Å². The zero-order valence-electron chi connectivity index (χ0n) is 16.7. The van der Waals surface area contributed by atoms with E-state index in [0.717, 1.165) is 39.3 Å². The van der Waals surface area contributed by atoms with Gasteiger partial charge < -0.3 is 4.74 Å². The lowest BCUT2D eigenvalue weighted by molar-refractivity contribution is 0.415. The van der Waals surface area contributed by atoms with Crippen molar-refractivity contribution in [2.75, 3.05) is 7.11 Å². The number of methoxy groups -OCH3 is 1. The van der Waals surface area contributed by atoms with Crippen LogP contribution in [0.3, 0.4) is 0 Å². The molecular formula is C24H20N4OS. The van der Waals surface area contributed by atoms with Gasteiger partial charge >= 0.3 is 0 Å².